The van der Waals surface area contributed by atoms with E-state index in [2.05, 4.69) is 35.9 Å². The highest BCUT2D eigenvalue weighted by Crippen LogP contribution is 2.21. The lowest BCUT2D eigenvalue weighted by Crippen LogP contribution is -2.47. The Bertz CT molecular complexity index is 1040. The number of rotatable bonds is 3. The largest absolute Gasteiger partial charge is 0.353 e. The van der Waals surface area contributed by atoms with Crippen molar-refractivity contribution >= 4 is 11.6 Å². The Morgan fingerprint density at radius 1 is 0.893 bits per heavy atom. The van der Waals surface area contributed by atoms with Gasteiger partial charge in [-0.1, -0.05) is 0 Å². The van der Waals surface area contributed by atoms with Crippen LogP contribution in [0.15, 0.2) is 30.5 Å². The second-order valence-electron chi connectivity index (χ2n) is 6.96. The maximum Gasteiger partial charge on any atom is 0.159 e. The maximum absolute atomic E-state index is 9.09. The Labute approximate surface area is 164 Å². The van der Waals surface area contributed by atoms with E-state index in [1.165, 1.54) is 0 Å². The third-order valence-electron chi connectivity index (χ3n) is 4.84. The molecule has 0 amide bonds. The molecule has 142 valence electrons. The highest BCUT2D eigenvalue weighted by molar-refractivity contribution is 5.49. The van der Waals surface area contributed by atoms with Crippen LogP contribution in [0.25, 0.3) is 5.82 Å². The van der Waals surface area contributed by atoms with Gasteiger partial charge in [-0.15, -0.1) is 0 Å². The van der Waals surface area contributed by atoms with Gasteiger partial charge < -0.3 is 9.80 Å². The average molecular weight is 374 g/mol. The first-order valence-electron chi connectivity index (χ1n) is 9.29. The van der Waals surface area contributed by atoms with Gasteiger partial charge >= 0.3 is 0 Å². The summed E-state index contributed by atoms with van der Waals surface area (Å²) < 4.78 is 1.86. The third-order valence-corrected chi connectivity index (χ3v) is 4.84. The van der Waals surface area contributed by atoms with Crippen LogP contribution in [-0.4, -0.2) is 50.9 Å². The van der Waals surface area contributed by atoms with Crippen molar-refractivity contribution in [1.29, 1.82) is 5.26 Å². The van der Waals surface area contributed by atoms with Gasteiger partial charge in [0.25, 0.3) is 0 Å². The number of hydrogen-bond acceptors (Lipinski definition) is 7. The minimum atomic E-state index is 0.633. The van der Waals surface area contributed by atoms with Crippen LogP contribution in [0, 0.1) is 32.1 Å². The van der Waals surface area contributed by atoms with E-state index in [4.69, 9.17) is 5.26 Å². The van der Waals surface area contributed by atoms with Crippen molar-refractivity contribution in [2.75, 3.05) is 36.0 Å². The van der Waals surface area contributed by atoms with Crippen LogP contribution in [0.1, 0.15) is 22.8 Å². The highest BCUT2D eigenvalue weighted by Gasteiger charge is 2.21. The second kappa shape index (κ2) is 7.27. The van der Waals surface area contributed by atoms with Gasteiger partial charge in [-0.25, -0.2) is 19.6 Å². The quantitative estimate of drug-likeness (QED) is 0.694. The fourth-order valence-corrected chi connectivity index (χ4v) is 3.49. The molecule has 8 nitrogen and oxygen atoms in total. The summed E-state index contributed by atoms with van der Waals surface area (Å²) in [6, 6.07) is 9.77. The molecule has 8 heteroatoms. The normalized spacial score (nSPS) is 14.2. The highest BCUT2D eigenvalue weighted by atomic mass is 15.3. The molecule has 3 aromatic rings. The molecule has 1 aliphatic heterocycles. The van der Waals surface area contributed by atoms with Gasteiger partial charge in [0.2, 0.25) is 0 Å². The molecule has 0 bridgehead atoms. The Kier molecular flexibility index (Phi) is 4.65. The minimum Gasteiger partial charge on any atom is -0.353 e. The lowest BCUT2D eigenvalue weighted by atomic mass is 10.2. The Morgan fingerprint density at radius 3 is 2.21 bits per heavy atom. The summed E-state index contributed by atoms with van der Waals surface area (Å²) in [4.78, 5) is 18.1. The molecule has 1 saturated heterocycles. The van der Waals surface area contributed by atoms with Crippen molar-refractivity contribution in [3.05, 3.63) is 53.2 Å². The van der Waals surface area contributed by atoms with Crippen LogP contribution in [0.4, 0.5) is 11.6 Å². The molecule has 0 saturated carbocycles. The lowest BCUT2D eigenvalue weighted by Gasteiger charge is -2.36. The van der Waals surface area contributed by atoms with E-state index in [9.17, 15) is 0 Å². The summed E-state index contributed by atoms with van der Waals surface area (Å²) >= 11 is 0. The number of nitriles is 1. The molecule has 1 aliphatic rings. The second-order valence-corrected chi connectivity index (χ2v) is 6.96. The van der Waals surface area contributed by atoms with Crippen LogP contribution < -0.4 is 9.80 Å². The van der Waals surface area contributed by atoms with Crippen LogP contribution in [-0.2, 0) is 0 Å². The van der Waals surface area contributed by atoms with Crippen molar-refractivity contribution < 1.29 is 0 Å². The molecule has 0 spiro atoms. The summed E-state index contributed by atoms with van der Waals surface area (Å²) in [5, 5.41) is 13.6. The standard InChI is InChI=1S/C20H22N8/c1-14-10-15(2)28(25-14)20-12-19(23-16(3)24-20)27-8-6-26(7-9-27)18-11-17(13-21)4-5-22-18/h4-5,10-12H,6-9H2,1-3H3. The first-order valence-corrected chi connectivity index (χ1v) is 9.29. The Morgan fingerprint density at radius 2 is 1.57 bits per heavy atom. The van der Waals surface area contributed by atoms with Crippen molar-refractivity contribution in [2.45, 2.75) is 20.8 Å². The van der Waals surface area contributed by atoms with E-state index >= 15 is 0 Å². The zero-order valence-electron chi connectivity index (χ0n) is 16.3. The molecule has 4 rings (SSSR count). The monoisotopic (exact) mass is 374 g/mol. The first kappa shape index (κ1) is 17.9. The summed E-state index contributed by atoms with van der Waals surface area (Å²) in [5.41, 5.74) is 2.65. The average Bonchev–Trinajstić information content (AvgIpc) is 3.06. The molecular weight excluding hydrogens is 352 g/mol. The summed E-state index contributed by atoms with van der Waals surface area (Å²) in [7, 11) is 0. The van der Waals surface area contributed by atoms with Crippen molar-refractivity contribution in [2.24, 2.45) is 0 Å². The van der Waals surface area contributed by atoms with E-state index in [1.807, 2.05) is 43.7 Å². The third kappa shape index (κ3) is 3.51. The van der Waals surface area contributed by atoms with Gasteiger partial charge in [0.15, 0.2) is 5.82 Å². The fourth-order valence-electron chi connectivity index (χ4n) is 3.49. The molecule has 0 atom stereocenters. The molecule has 0 aliphatic carbocycles. The van der Waals surface area contributed by atoms with Crippen molar-refractivity contribution in [3.63, 3.8) is 0 Å². The van der Waals surface area contributed by atoms with Crippen LogP contribution in [0.3, 0.4) is 0 Å². The number of piperazine rings is 1. The molecule has 1 fully saturated rings. The number of aromatic nitrogens is 5. The predicted octanol–water partition coefficient (Wildman–Crippen LogP) is 2.18. The number of nitrogens with zero attached hydrogens (tertiary/aromatic N) is 8. The van der Waals surface area contributed by atoms with Gasteiger partial charge in [0, 0.05) is 44.1 Å². The molecule has 3 aromatic heterocycles. The van der Waals surface area contributed by atoms with Gasteiger partial charge in [0.1, 0.15) is 17.5 Å². The molecule has 28 heavy (non-hydrogen) atoms. The van der Waals surface area contributed by atoms with Gasteiger partial charge in [-0.05, 0) is 39.0 Å². The first-order chi connectivity index (χ1) is 13.5. The smallest absolute Gasteiger partial charge is 0.159 e. The van der Waals surface area contributed by atoms with E-state index in [0.29, 0.717) is 5.56 Å². The van der Waals surface area contributed by atoms with Crippen LogP contribution in [0.2, 0.25) is 0 Å². The zero-order valence-corrected chi connectivity index (χ0v) is 16.3. The van der Waals surface area contributed by atoms with Crippen LogP contribution in [0.5, 0.6) is 0 Å². The number of pyridine rings is 1. The Balaban J connectivity index is 1.53. The number of hydrogen-bond donors (Lipinski definition) is 0. The van der Waals surface area contributed by atoms with Crippen molar-refractivity contribution in [3.8, 4) is 11.9 Å². The molecule has 0 radical (unpaired) electrons. The minimum absolute atomic E-state index is 0.633. The molecule has 4 heterocycles. The molecule has 0 aromatic carbocycles. The van der Waals surface area contributed by atoms with E-state index < -0.39 is 0 Å². The van der Waals surface area contributed by atoms with Crippen molar-refractivity contribution in [1.82, 2.24) is 24.7 Å². The Hall–Kier alpha value is -3.47. The van der Waals surface area contributed by atoms with E-state index in [1.54, 1.807) is 12.3 Å². The summed E-state index contributed by atoms with van der Waals surface area (Å²) in [6.07, 6.45) is 1.69. The topological polar surface area (TPSA) is 86.8 Å². The van der Waals surface area contributed by atoms with E-state index in [0.717, 1.165) is 60.8 Å². The van der Waals surface area contributed by atoms with Gasteiger partial charge in [0.05, 0.1) is 17.3 Å². The zero-order chi connectivity index (χ0) is 19.7. The summed E-state index contributed by atoms with van der Waals surface area (Å²) in [6.45, 7) is 9.20. The number of aryl methyl sites for hydroxylation is 3. The van der Waals surface area contributed by atoms with Gasteiger partial charge in [-0.2, -0.15) is 10.4 Å². The lowest BCUT2D eigenvalue weighted by molar-refractivity contribution is 0.638. The summed E-state index contributed by atoms with van der Waals surface area (Å²) in [5.74, 6) is 3.28. The SMILES string of the molecule is Cc1cc(C)n(-c2cc(N3CCN(c4cc(C#N)ccn4)CC3)nc(C)n2)n1. The van der Waals surface area contributed by atoms with Crippen LogP contribution >= 0.6 is 0 Å². The molecular formula is C20H22N8. The fraction of sp³-hybridized carbons (Fsp3) is 0.350. The van der Waals surface area contributed by atoms with E-state index in [-0.39, 0.29) is 0 Å². The molecule has 0 N–H and O–H groups in total. The number of anilines is 2. The maximum atomic E-state index is 9.09. The molecule has 0 unspecified atom stereocenters. The predicted molar refractivity (Wildman–Crippen MR) is 107 cm³/mol. The van der Waals surface area contributed by atoms with Gasteiger partial charge in [-0.3, -0.25) is 0 Å².